The standard InChI is InChI=1S/C33H31F3O16/c1-46-29-21(35)19-18(20(34)22(29)36)30(45)52-33(19)12-4-2-10(47-31-27(43)25(41)23(39)16(8-37)50-31)6-14(12)49-15-7-11(3-5-13(15)33)48-32-28(44)26(42)24(40)17(9-38)51-32/h2-7,16-17,23-28,31-32,37-44H,8-9H2,1H3/t16-,17-,23+,24+,25+,26+,27-,28-,31-,32-/m1/s1. The Labute approximate surface area is 290 Å². The van der Waals surface area contributed by atoms with Crippen LogP contribution < -0.4 is 18.9 Å². The molecule has 3 aromatic carbocycles. The summed E-state index contributed by atoms with van der Waals surface area (Å²) in [6, 6.07) is 7.24. The van der Waals surface area contributed by atoms with Crippen molar-refractivity contribution in [2.24, 2.45) is 0 Å². The molecule has 0 aromatic heterocycles. The molecule has 280 valence electrons. The molecule has 19 heteroatoms. The minimum absolute atomic E-state index is 0.136. The van der Waals surface area contributed by atoms with Crippen molar-refractivity contribution in [3.8, 4) is 28.7 Å². The summed E-state index contributed by atoms with van der Waals surface area (Å²) in [6.45, 7) is -1.50. The van der Waals surface area contributed by atoms with E-state index in [-0.39, 0.29) is 34.1 Å². The second-order valence-electron chi connectivity index (χ2n) is 12.3. The van der Waals surface area contributed by atoms with Crippen molar-refractivity contribution >= 4 is 5.97 Å². The zero-order valence-electron chi connectivity index (χ0n) is 26.6. The zero-order valence-corrected chi connectivity index (χ0v) is 26.6. The predicted octanol–water partition coefficient (Wildman–Crippen LogP) is -0.962. The Morgan fingerprint density at radius 2 is 1.17 bits per heavy atom. The van der Waals surface area contributed by atoms with Crippen LogP contribution in [0.15, 0.2) is 36.4 Å². The molecule has 1 spiro atoms. The molecule has 0 saturated carbocycles. The Morgan fingerprint density at radius 1 is 0.692 bits per heavy atom. The molecule has 10 atom stereocenters. The number of aliphatic hydroxyl groups excluding tert-OH is 8. The number of halogens is 3. The van der Waals surface area contributed by atoms with Crippen molar-refractivity contribution in [3.05, 3.63) is 76.1 Å². The molecule has 4 heterocycles. The number of rotatable bonds is 7. The minimum Gasteiger partial charge on any atom is -0.491 e. The number of benzene rings is 3. The van der Waals surface area contributed by atoms with Gasteiger partial charge in [0.1, 0.15) is 77.4 Å². The summed E-state index contributed by atoms with van der Waals surface area (Å²) >= 11 is 0. The molecule has 2 fully saturated rings. The zero-order chi connectivity index (χ0) is 37.4. The van der Waals surface area contributed by atoms with E-state index >= 15 is 8.78 Å². The predicted molar refractivity (Wildman–Crippen MR) is 160 cm³/mol. The summed E-state index contributed by atoms with van der Waals surface area (Å²) in [5, 5.41) is 80.8. The molecule has 8 N–H and O–H groups in total. The lowest BCUT2D eigenvalue weighted by molar-refractivity contribution is -0.277. The molecular formula is C33H31F3O16. The largest absolute Gasteiger partial charge is 0.491 e. The van der Waals surface area contributed by atoms with Gasteiger partial charge in [0, 0.05) is 23.3 Å². The molecule has 4 aliphatic rings. The normalized spacial score (nSPS) is 31.6. The fourth-order valence-corrected chi connectivity index (χ4v) is 6.72. The Kier molecular flexibility index (Phi) is 9.23. The van der Waals surface area contributed by atoms with Crippen molar-refractivity contribution in [3.63, 3.8) is 0 Å². The van der Waals surface area contributed by atoms with Gasteiger partial charge in [-0.15, -0.1) is 0 Å². The van der Waals surface area contributed by atoms with Gasteiger partial charge in [-0.1, -0.05) is 0 Å². The first kappa shape index (κ1) is 36.1. The molecule has 0 bridgehead atoms. The number of hydrogen-bond acceptors (Lipinski definition) is 16. The van der Waals surface area contributed by atoms with Gasteiger partial charge in [0.2, 0.25) is 18.4 Å². The number of methoxy groups -OCH3 is 1. The monoisotopic (exact) mass is 740 g/mol. The number of hydrogen-bond donors (Lipinski definition) is 8. The molecule has 3 aromatic rings. The lowest BCUT2D eigenvalue weighted by atomic mass is 9.77. The summed E-state index contributed by atoms with van der Waals surface area (Å²) in [5.74, 6) is -8.42. The van der Waals surface area contributed by atoms with E-state index in [1.165, 1.54) is 24.3 Å². The molecule has 7 rings (SSSR count). The third kappa shape index (κ3) is 5.35. The average molecular weight is 741 g/mol. The van der Waals surface area contributed by atoms with Crippen molar-refractivity contribution in [2.75, 3.05) is 20.3 Å². The first-order valence-electron chi connectivity index (χ1n) is 15.7. The van der Waals surface area contributed by atoms with Gasteiger partial charge in [0.15, 0.2) is 23.0 Å². The lowest BCUT2D eigenvalue weighted by Gasteiger charge is -2.40. The Bertz CT molecular complexity index is 1800. The quantitative estimate of drug-likeness (QED) is 0.107. The van der Waals surface area contributed by atoms with Gasteiger partial charge in [-0.2, -0.15) is 4.39 Å². The highest BCUT2D eigenvalue weighted by Gasteiger charge is 2.58. The van der Waals surface area contributed by atoms with E-state index in [4.69, 9.17) is 33.2 Å². The molecular weight excluding hydrogens is 709 g/mol. The summed E-state index contributed by atoms with van der Waals surface area (Å²) in [4.78, 5) is 13.3. The van der Waals surface area contributed by atoms with Crippen LogP contribution in [0.3, 0.4) is 0 Å². The van der Waals surface area contributed by atoms with Crippen molar-refractivity contribution < 1.29 is 92.0 Å². The highest BCUT2D eigenvalue weighted by atomic mass is 19.2. The van der Waals surface area contributed by atoms with E-state index in [1.807, 2.05) is 0 Å². The van der Waals surface area contributed by atoms with Gasteiger partial charge < -0.3 is 74.0 Å². The maximum atomic E-state index is 16.3. The molecule has 2 saturated heterocycles. The summed E-state index contributed by atoms with van der Waals surface area (Å²) in [5.41, 5.74) is -4.50. The van der Waals surface area contributed by atoms with Crippen LogP contribution in [0.1, 0.15) is 27.0 Å². The Hall–Kier alpha value is -4.28. The maximum absolute atomic E-state index is 16.3. The van der Waals surface area contributed by atoms with Gasteiger partial charge in [-0.25, -0.2) is 13.6 Å². The van der Waals surface area contributed by atoms with E-state index in [0.29, 0.717) is 0 Å². The number of carbonyl (C=O) groups excluding carboxylic acids is 1. The number of carbonyl (C=O) groups is 1. The lowest BCUT2D eigenvalue weighted by Crippen LogP contribution is -2.60. The molecule has 0 aliphatic carbocycles. The topological polar surface area (TPSA) is 244 Å². The van der Waals surface area contributed by atoms with Gasteiger partial charge in [-0.05, 0) is 24.3 Å². The van der Waals surface area contributed by atoms with E-state index in [0.717, 1.165) is 19.2 Å². The fraction of sp³-hybridized carbons (Fsp3) is 0.424. The SMILES string of the molecule is COc1c(F)c(F)c2c(c1F)C1(OC2=O)c2ccc(O[C@@H]3O[C@H](CO)[C@H](O)[C@H](O)[C@H]3O)cc2Oc2cc(O[C@@H]3O[C@H](CO)[C@H](O)[C@H](O)[C@H]3O)ccc21. The summed E-state index contributed by atoms with van der Waals surface area (Å²) in [6.07, 6.45) is -16.5. The van der Waals surface area contributed by atoms with Crippen LogP contribution in [-0.2, 0) is 19.8 Å². The van der Waals surface area contributed by atoms with Crippen LogP contribution in [0, 0.1) is 17.5 Å². The molecule has 16 nitrogen and oxygen atoms in total. The average Bonchev–Trinajstić information content (AvgIpc) is 3.44. The van der Waals surface area contributed by atoms with Gasteiger partial charge >= 0.3 is 5.97 Å². The van der Waals surface area contributed by atoms with Crippen LogP contribution in [0.5, 0.6) is 28.7 Å². The summed E-state index contributed by atoms with van der Waals surface area (Å²) < 4.78 is 85.5. The number of ether oxygens (including phenoxy) is 7. The number of fused-ring (bicyclic) bond motifs is 6. The second-order valence-corrected chi connectivity index (χ2v) is 12.3. The van der Waals surface area contributed by atoms with E-state index in [1.54, 1.807) is 0 Å². The third-order valence-corrected chi connectivity index (χ3v) is 9.37. The van der Waals surface area contributed by atoms with E-state index < -0.39 is 121 Å². The molecule has 52 heavy (non-hydrogen) atoms. The van der Waals surface area contributed by atoms with E-state index in [2.05, 4.69) is 0 Å². The van der Waals surface area contributed by atoms with Crippen LogP contribution in [0.4, 0.5) is 13.2 Å². The molecule has 4 aliphatic heterocycles. The first-order chi connectivity index (χ1) is 24.8. The maximum Gasteiger partial charge on any atom is 0.343 e. The second kappa shape index (κ2) is 13.3. The Morgan fingerprint density at radius 3 is 1.62 bits per heavy atom. The molecule has 0 unspecified atom stereocenters. The molecule has 0 amide bonds. The van der Waals surface area contributed by atoms with Gasteiger partial charge in [0.05, 0.1) is 25.9 Å². The van der Waals surface area contributed by atoms with Crippen molar-refractivity contribution in [1.29, 1.82) is 0 Å². The fourth-order valence-electron chi connectivity index (χ4n) is 6.72. The van der Waals surface area contributed by atoms with Gasteiger partial charge in [-0.3, -0.25) is 0 Å². The highest BCUT2D eigenvalue weighted by Crippen LogP contribution is 2.59. The summed E-state index contributed by atoms with van der Waals surface area (Å²) in [7, 11) is 0.884. The number of aliphatic hydroxyl groups is 8. The first-order valence-corrected chi connectivity index (χ1v) is 15.7. The van der Waals surface area contributed by atoms with Crippen LogP contribution >= 0.6 is 0 Å². The highest BCUT2D eigenvalue weighted by molar-refractivity contribution is 5.98. The van der Waals surface area contributed by atoms with Gasteiger partial charge in [0.25, 0.3) is 0 Å². The minimum atomic E-state index is -2.38. The third-order valence-electron chi connectivity index (χ3n) is 9.37. The van der Waals surface area contributed by atoms with Crippen molar-refractivity contribution in [1.82, 2.24) is 0 Å². The smallest absolute Gasteiger partial charge is 0.343 e. The van der Waals surface area contributed by atoms with Crippen LogP contribution in [0.25, 0.3) is 0 Å². The van der Waals surface area contributed by atoms with Crippen LogP contribution in [0.2, 0.25) is 0 Å². The molecule has 0 radical (unpaired) electrons. The van der Waals surface area contributed by atoms with Crippen molar-refractivity contribution in [2.45, 2.75) is 67.0 Å². The van der Waals surface area contributed by atoms with Crippen LogP contribution in [-0.4, -0.2) is 129 Å². The number of esters is 1. The van der Waals surface area contributed by atoms with E-state index in [9.17, 15) is 50.0 Å². The Balaban J connectivity index is 1.34.